The lowest BCUT2D eigenvalue weighted by Gasteiger charge is -2.57. The molecule has 4 saturated carbocycles. The van der Waals surface area contributed by atoms with Crippen LogP contribution in [0.4, 0.5) is 0 Å². The van der Waals surface area contributed by atoms with Crippen molar-refractivity contribution in [3.63, 3.8) is 0 Å². The van der Waals surface area contributed by atoms with Gasteiger partial charge in [0.25, 0.3) is 0 Å². The Balaban J connectivity index is 1.45. The summed E-state index contributed by atoms with van der Waals surface area (Å²) in [7, 11) is -2.94. The maximum absolute atomic E-state index is 12.3. The second-order valence-electron chi connectivity index (χ2n) is 8.63. The van der Waals surface area contributed by atoms with Crippen molar-refractivity contribution < 1.29 is 13.2 Å². The summed E-state index contributed by atoms with van der Waals surface area (Å²) in [6.45, 7) is 2.12. The van der Waals surface area contributed by atoms with Crippen LogP contribution >= 0.6 is 0 Å². The van der Waals surface area contributed by atoms with E-state index in [-0.39, 0.29) is 28.9 Å². The Bertz CT molecular complexity index is 614. The molecule has 0 unspecified atom stereocenters. The molecule has 23 heavy (non-hydrogen) atoms. The highest BCUT2D eigenvalue weighted by atomic mass is 32.2. The van der Waals surface area contributed by atoms with Crippen LogP contribution in [0.2, 0.25) is 0 Å². The number of hydrogen-bond donors (Lipinski definition) is 1. The van der Waals surface area contributed by atoms with Gasteiger partial charge in [0.1, 0.15) is 0 Å². The van der Waals surface area contributed by atoms with E-state index in [4.69, 9.17) is 0 Å². The molecular weight excluding hydrogens is 310 g/mol. The maximum Gasteiger partial charge on any atom is 0.244 e. The monoisotopic (exact) mass is 337 g/mol. The van der Waals surface area contributed by atoms with E-state index in [1.54, 1.807) is 6.08 Å². The maximum atomic E-state index is 12.3. The quantitative estimate of drug-likeness (QED) is 0.805. The fourth-order valence-corrected chi connectivity index (χ4v) is 7.77. The zero-order valence-electron chi connectivity index (χ0n) is 13.9. The van der Waals surface area contributed by atoms with Crippen molar-refractivity contribution in [2.24, 2.45) is 23.2 Å². The Morgan fingerprint density at radius 2 is 1.65 bits per heavy atom. The van der Waals surface area contributed by atoms with Crippen LogP contribution in [0.3, 0.4) is 0 Å². The predicted octanol–water partition coefficient (Wildman–Crippen LogP) is 2.45. The number of rotatable bonds is 3. The number of amides is 1. The van der Waals surface area contributed by atoms with Gasteiger partial charge in [-0.25, -0.2) is 8.42 Å². The standard InChI is InChI=1S/C18H27NO3S/c1-12(4-17(20)19-16-2-3-23(21,22)11-16)18-8-13-5-14(9-18)7-15(6-13)10-18/h4,13-16H,2-3,5-11H2,1H3,(H,19,20)/b12-4-/t13?,14?,15?,16-,18?/m1/s1. The summed E-state index contributed by atoms with van der Waals surface area (Å²) in [5, 5.41) is 2.90. The largest absolute Gasteiger partial charge is 0.349 e. The van der Waals surface area contributed by atoms with E-state index in [0.29, 0.717) is 6.42 Å². The Morgan fingerprint density at radius 1 is 1.09 bits per heavy atom. The zero-order valence-corrected chi connectivity index (χ0v) is 14.7. The lowest BCUT2D eigenvalue weighted by Crippen LogP contribution is -2.47. The van der Waals surface area contributed by atoms with Crippen LogP contribution in [0.1, 0.15) is 51.9 Å². The van der Waals surface area contributed by atoms with E-state index < -0.39 is 9.84 Å². The number of hydrogen-bond acceptors (Lipinski definition) is 3. The van der Waals surface area contributed by atoms with Gasteiger partial charge < -0.3 is 5.32 Å². The van der Waals surface area contributed by atoms with Gasteiger partial charge in [-0.2, -0.15) is 0 Å². The van der Waals surface area contributed by atoms with Gasteiger partial charge in [0, 0.05) is 12.1 Å². The Kier molecular flexibility index (Phi) is 3.63. The van der Waals surface area contributed by atoms with E-state index >= 15 is 0 Å². The molecule has 0 aromatic heterocycles. The van der Waals surface area contributed by atoms with Crippen LogP contribution in [0, 0.1) is 23.2 Å². The van der Waals surface area contributed by atoms with Gasteiger partial charge in [0.05, 0.1) is 11.5 Å². The highest BCUT2D eigenvalue weighted by Crippen LogP contribution is 2.62. The van der Waals surface area contributed by atoms with Crippen molar-refractivity contribution in [3.05, 3.63) is 11.6 Å². The number of carbonyl (C=O) groups is 1. The third-order valence-electron chi connectivity index (χ3n) is 6.80. The van der Waals surface area contributed by atoms with Crippen molar-refractivity contribution in [1.29, 1.82) is 0 Å². The number of sulfone groups is 1. The summed E-state index contributed by atoms with van der Waals surface area (Å²) in [6.07, 6.45) is 10.3. The molecule has 4 bridgehead atoms. The average Bonchev–Trinajstić information content (AvgIpc) is 2.76. The summed E-state index contributed by atoms with van der Waals surface area (Å²) in [5.74, 6) is 2.81. The SMILES string of the molecule is C/C(=C/C(=O)N[C@@H]1CCS(=O)(=O)C1)C12CC3CC(CC(C3)C1)C2. The first kappa shape index (κ1) is 15.7. The summed E-state index contributed by atoms with van der Waals surface area (Å²) in [4.78, 5) is 12.3. The minimum absolute atomic E-state index is 0.0969. The fraction of sp³-hybridized carbons (Fsp3) is 0.833. The average molecular weight is 337 g/mol. The highest BCUT2D eigenvalue weighted by molar-refractivity contribution is 7.91. The molecule has 0 aromatic carbocycles. The smallest absolute Gasteiger partial charge is 0.244 e. The van der Waals surface area contributed by atoms with E-state index in [1.807, 2.05) is 0 Å². The van der Waals surface area contributed by atoms with Gasteiger partial charge in [-0.3, -0.25) is 4.79 Å². The molecule has 0 spiro atoms. The van der Waals surface area contributed by atoms with E-state index in [1.165, 1.54) is 44.1 Å². The Labute approximate surface area is 139 Å². The highest BCUT2D eigenvalue weighted by Gasteiger charge is 2.51. The molecule has 1 amide bonds. The molecule has 128 valence electrons. The van der Waals surface area contributed by atoms with Crippen LogP contribution in [0.5, 0.6) is 0 Å². The van der Waals surface area contributed by atoms with Crippen LogP contribution in [-0.4, -0.2) is 31.9 Å². The first-order valence-electron chi connectivity index (χ1n) is 9.03. The topological polar surface area (TPSA) is 63.2 Å². The minimum atomic E-state index is -2.94. The third kappa shape index (κ3) is 2.97. The molecular formula is C18H27NO3S. The van der Waals surface area contributed by atoms with Crippen LogP contribution < -0.4 is 5.32 Å². The zero-order chi connectivity index (χ0) is 16.2. The van der Waals surface area contributed by atoms with Gasteiger partial charge in [-0.15, -0.1) is 0 Å². The Hall–Kier alpha value is -0.840. The third-order valence-corrected chi connectivity index (χ3v) is 8.57. The molecule has 1 N–H and O–H groups in total. The number of carbonyl (C=O) groups excluding carboxylic acids is 1. The molecule has 1 aliphatic heterocycles. The molecule has 1 saturated heterocycles. The number of nitrogens with one attached hydrogen (secondary N) is 1. The van der Waals surface area contributed by atoms with Crippen LogP contribution in [0.25, 0.3) is 0 Å². The minimum Gasteiger partial charge on any atom is -0.349 e. The van der Waals surface area contributed by atoms with Crippen molar-refractivity contribution in [1.82, 2.24) is 5.32 Å². The van der Waals surface area contributed by atoms with Crippen molar-refractivity contribution >= 4 is 15.7 Å². The molecule has 5 heteroatoms. The lowest BCUT2D eigenvalue weighted by molar-refractivity contribution is -0.117. The molecule has 0 radical (unpaired) electrons. The molecule has 5 rings (SSSR count). The van der Waals surface area contributed by atoms with Crippen molar-refractivity contribution in [2.75, 3.05) is 11.5 Å². The van der Waals surface area contributed by atoms with E-state index in [2.05, 4.69) is 12.2 Å². The summed E-state index contributed by atoms with van der Waals surface area (Å²) in [5.41, 5.74) is 1.49. The first-order chi connectivity index (χ1) is 10.8. The number of allylic oxidation sites excluding steroid dienone is 1. The summed E-state index contributed by atoms with van der Waals surface area (Å²) in [6, 6.07) is -0.201. The van der Waals surface area contributed by atoms with Crippen molar-refractivity contribution in [2.45, 2.75) is 57.9 Å². The van der Waals surface area contributed by atoms with Gasteiger partial charge in [-0.05, 0) is 75.0 Å². The summed E-state index contributed by atoms with van der Waals surface area (Å²) >= 11 is 0. The van der Waals surface area contributed by atoms with Gasteiger partial charge in [-0.1, -0.05) is 5.57 Å². The van der Waals surface area contributed by atoms with Crippen molar-refractivity contribution in [3.8, 4) is 0 Å². The van der Waals surface area contributed by atoms with Crippen LogP contribution in [0.15, 0.2) is 11.6 Å². The van der Waals surface area contributed by atoms with E-state index in [0.717, 1.165) is 17.8 Å². The molecule has 5 fully saturated rings. The fourth-order valence-electron chi connectivity index (χ4n) is 6.10. The first-order valence-corrected chi connectivity index (χ1v) is 10.9. The lowest BCUT2D eigenvalue weighted by atomic mass is 9.48. The van der Waals surface area contributed by atoms with E-state index in [9.17, 15) is 13.2 Å². The normalized spacial score (nSPS) is 44.5. The second-order valence-corrected chi connectivity index (χ2v) is 10.9. The Morgan fingerprint density at radius 3 is 2.13 bits per heavy atom. The molecule has 4 nitrogen and oxygen atoms in total. The summed E-state index contributed by atoms with van der Waals surface area (Å²) < 4.78 is 23.0. The van der Waals surface area contributed by atoms with Gasteiger partial charge >= 0.3 is 0 Å². The van der Waals surface area contributed by atoms with Crippen LogP contribution in [-0.2, 0) is 14.6 Å². The molecule has 1 heterocycles. The van der Waals surface area contributed by atoms with Gasteiger partial charge in [0.15, 0.2) is 9.84 Å². The predicted molar refractivity (Wildman–Crippen MR) is 89.6 cm³/mol. The molecule has 5 aliphatic rings. The molecule has 4 aliphatic carbocycles. The molecule has 1 atom stereocenters. The van der Waals surface area contributed by atoms with Gasteiger partial charge in [0.2, 0.25) is 5.91 Å². The molecule has 0 aromatic rings. The second kappa shape index (κ2) is 5.33.